The van der Waals surface area contributed by atoms with Crippen molar-refractivity contribution in [2.45, 2.75) is 44.6 Å². The number of nitrogens with zero attached hydrogens (tertiary/aromatic N) is 1. The van der Waals surface area contributed by atoms with E-state index in [1.54, 1.807) is 0 Å². The lowest BCUT2D eigenvalue weighted by Crippen LogP contribution is -2.30. The van der Waals surface area contributed by atoms with E-state index in [1.807, 2.05) is 0 Å². The molecule has 0 N–H and O–H groups in total. The van der Waals surface area contributed by atoms with Crippen molar-refractivity contribution in [3.05, 3.63) is 35.9 Å². The van der Waals surface area contributed by atoms with Gasteiger partial charge < -0.3 is 4.90 Å². The first kappa shape index (κ1) is 14.1. The number of aryl methyl sites for hydroxylation is 1. The first-order valence-electron chi connectivity index (χ1n) is 7.24. The second-order valence-corrected chi connectivity index (χ2v) is 6.05. The Morgan fingerprint density at radius 2 is 2.00 bits per heavy atom. The fourth-order valence-corrected chi connectivity index (χ4v) is 3.28. The summed E-state index contributed by atoms with van der Waals surface area (Å²) in [6, 6.07) is 11.7. The molecule has 1 heterocycles. The van der Waals surface area contributed by atoms with Crippen LogP contribution in [0, 0.1) is 0 Å². The summed E-state index contributed by atoms with van der Waals surface area (Å²) in [5.41, 5.74) is 1.48. The van der Waals surface area contributed by atoms with Crippen molar-refractivity contribution in [3.63, 3.8) is 0 Å². The lowest BCUT2D eigenvalue weighted by atomic mass is 10.1. The molecule has 0 spiro atoms. The predicted octanol–water partition coefficient (Wildman–Crippen LogP) is 4.26. The van der Waals surface area contributed by atoms with Crippen molar-refractivity contribution in [1.29, 1.82) is 0 Å². The van der Waals surface area contributed by atoms with Gasteiger partial charge in [-0.2, -0.15) is 0 Å². The van der Waals surface area contributed by atoms with Gasteiger partial charge in [-0.15, -0.1) is 0 Å². The third-order valence-electron chi connectivity index (χ3n) is 3.92. The standard InChI is InChI=1S/C16H24BrN/c17-12-4-10-16-11-6-14-18(16)13-5-9-15-7-2-1-3-8-15/h1-3,7-8,16H,4-6,9-14H2. The van der Waals surface area contributed by atoms with Crippen molar-refractivity contribution in [1.82, 2.24) is 4.90 Å². The number of benzene rings is 1. The smallest absolute Gasteiger partial charge is 0.00960 e. The van der Waals surface area contributed by atoms with E-state index in [-0.39, 0.29) is 0 Å². The average molecular weight is 310 g/mol. The highest BCUT2D eigenvalue weighted by Crippen LogP contribution is 2.22. The van der Waals surface area contributed by atoms with Gasteiger partial charge in [0.05, 0.1) is 0 Å². The highest BCUT2D eigenvalue weighted by molar-refractivity contribution is 9.09. The van der Waals surface area contributed by atoms with Gasteiger partial charge in [-0.25, -0.2) is 0 Å². The van der Waals surface area contributed by atoms with Crippen LogP contribution in [0.15, 0.2) is 30.3 Å². The zero-order valence-corrected chi connectivity index (χ0v) is 12.7. The molecule has 0 amide bonds. The molecule has 0 aliphatic carbocycles. The van der Waals surface area contributed by atoms with Gasteiger partial charge in [0.25, 0.3) is 0 Å². The molecule has 18 heavy (non-hydrogen) atoms. The van der Waals surface area contributed by atoms with E-state index in [2.05, 4.69) is 51.2 Å². The monoisotopic (exact) mass is 309 g/mol. The van der Waals surface area contributed by atoms with Gasteiger partial charge in [0.2, 0.25) is 0 Å². The molecule has 0 aromatic heterocycles. The summed E-state index contributed by atoms with van der Waals surface area (Å²) < 4.78 is 0. The minimum Gasteiger partial charge on any atom is -0.300 e. The highest BCUT2D eigenvalue weighted by Gasteiger charge is 2.22. The van der Waals surface area contributed by atoms with Gasteiger partial charge in [-0.05, 0) is 57.2 Å². The molecule has 1 atom stereocenters. The summed E-state index contributed by atoms with van der Waals surface area (Å²) in [7, 11) is 0. The quantitative estimate of drug-likeness (QED) is 0.680. The maximum atomic E-state index is 3.54. The number of halogens is 1. The Hall–Kier alpha value is -0.340. The zero-order chi connectivity index (χ0) is 12.6. The minimum atomic E-state index is 0.860. The summed E-state index contributed by atoms with van der Waals surface area (Å²) >= 11 is 3.54. The van der Waals surface area contributed by atoms with Crippen LogP contribution in [0.4, 0.5) is 0 Å². The van der Waals surface area contributed by atoms with E-state index in [9.17, 15) is 0 Å². The fraction of sp³-hybridized carbons (Fsp3) is 0.625. The van der Waals surface area contributed by atoms with Crippen LogP contribution in [0.2, 0.25) is 0 Å². The summed E-state index contributed by atoms with van der Waals surface area (Å²) in [6.07, 6.45) is 8.03. The molecule has 1 aliphatic heterocycles. The second-order valence-electron chi connectivity index (χ2n) is 5.25. The van der Waals surface area contributed by atoms with Gasteiger partial charge in [0.15, 0.2) is 0 Å². The van der Waals surface area contributed by atoms with Crippen LogP contribution in [-0.4, -0.2) is 29.4 Å². The van der Waals surface area contributed by atoms with Crippen LogP contribution in [0.1, 0.15) is 37.7 Å². The Morgan fingerprint density at radius 3 is 2.78 bits per heavy atom. The molecular formula is C16H24BrN. The normalized spacial score (nSPS) is 20.4. The molecule has 0 radical (unpaired) electrons. The van der Waals surface area contributed by atoms with E-state index < -0.39 is 0 Å². The topological polar surface area (TPSA) is 3.24 Å². The Labute approximate surface area is 120 Å². The molecule has 2 heteroatoms. The number of rotatable bonds is 7. The van der Waals surface area contributed by atoms with E-state index in [1.165, 1.54) is 57.2 Å². The Kier molecular flexibility index (Phi) is 6.22. The van der Waals surface area contributed by atoms with Gasteiger partial charge in [-0.3, -0.25) is 0 Å². The van der Waals surface area contributed by atoms with Crippen molar-refractivity contribution >= 4 is 15.9 Å². The van der Waals surface area contributed by atoms with E-state index >= 15 is 0 Å². The molecule has 0 bridgehead atoms. The van der Waals surface area contributed by atoms with Crippen molar-refractivity contribution < 1.29 is 0 Å². The van der Waals surface area contributed by atoms with Crippen LogP contribution in [0.25, 0.3) is 0 Å². The molecule has 1 nitrogen and oxygen atoms in total. The first-order valence-corrected chi connectivity index (χ1v) is 8.36. The Bertz CT molecular complexity index is 325. The molecule has 1 saturated heterocycles. The van der Waals surface area contributed by atoms with Gasteiger partial charge in [-0.1, -0.05) is 46.3 Å². The van der Waals surface area contributed by atoms with Crippen molar-refractivity contribution in [2.24, 2.45) is 0 Å². The summed E-state index contributed by atoms with van der Waals surface area (Å²) in [5, 5.41) is 1.15. The molecule has 1 aromatic carbocycles. The van der Waals surface area contributed by atoms with Gasteiger partial charge in [0, 0.05) is 11.4 Å². The molecule has 1 aromatic rings. The summed E-state index contributed by atoms with van der Waals surface area (Å²) in [5.74, 6) is 0. The summed E-state index contributed by atoms with van der Waals surface area (Å²) in [4.78, 5) is 2.71. The Balaban J connectivity index is 1.69. The maximum absolute atomic E-state index is 3.54. The number of likely N-dealkylation sites (tertiary alicyclic amines) is 1. The lowest BCUT2D eigenvalue weighted by Gasteiger charge is -2.24. The zero-order valence-electron chi connectivity index (χ0n) is 11.2. The third kappa shape index (κ3) is 4.40. The highest BCUT2D eigenvalue weighted by atomic mass is 79.9. The Morgan fingerprint density at radius 1 is 1.17 bits per heavy atom. The molecule has 1 aliphatic rings. The molecular weight excluding hydrogens is 286 g/mol. The SMILES string of the molecule is BrCCCC1CCCN1CCCc1ccccc1. The van der Waals surface area contributed by atoms with Crippen LogP contribution in [0.5, 0.6) is 0 Å². The number of hydrogen-bond donors (Lipinski definition) is 0. The van der Waals surface area contributed by atoms with Crippen LogP contribution in [0.3, 0.4) is 0 Å². The number of alkyl halides is 1. The molecule has 100 valence electrons. The maximum Gasteiger partial charge on any atom is 0.00960 e. The minimum absolute atomic E-state index is 0.860. The third-order valence-corrected chi connectivity index (χ3v) is 4.48. The number of hydrogen-bond acceptors (Lipinski definition) is 1. The van der Waals surface area contributed by atoms with E-state index in [0.717, 1.165) is 11.4 Å². The van der Waals surface area contributed by atoms with Crippen molar-refractivity contribution in [3.8, 4) is 0 Å². The van der Waals surface area contributed by atoms with Crippen LogP contribution in [-0.2, 0) is 6.42 Å². The second kappa shape index (κ2) is 7.96. The van der Waals surface area contributed by atoms with Gasteiger partial charge in [0.1, 0.15) is 0 Å². The summed E-state index contributed by atoms with van der Waals surface area (Å²) in [6.45, 7) is 2.60. The molecule has 1 fully saturated rings. The van der Waals surface area contributed by atoms with Crippen LogP contribution < -0.4 is 0 Å². The van der Waals surface area contributed by atoms with Gasteiger partial charge >= 0.3 is 0 Å². The van der Waals surface area contributed by atoms with E-state index in [0.29, 0.717) is 0 Å². The lowest BCUT2D eigenvalue weighted by molar-refractivity contribution is 0.239. The van der Waals surface area contributed by atoms with E-state index in [4.69, 9.17) is 0 Å². The fourth-order valence-electron chi connectivity index (χ4n) is 2.96. The average Bonchev–Trinajstić information content (AvgIpc) is 2.85. The van der Waals surface area contributed by atoms with Crippen molar-refractivity contribution in [2.75, 3.05) is 18.4 Å². The predicted molar refractivity (Wildman–Crippen MR) is 82.4 cm³/mol. The first-order chi connectivity index (χ1) is 8.90. The molecule has 2 rings (SSSR count). The van der Waals surface area contributed by atoms with Crippen LogP contribution >= 0.6 is 15.9 Å². The largest absolute Gasteiger partial charge is 0.300 e. The molecule has 0 saturated carbocycles. The molecule has 1 unspecified atom stereocenters.